The number of anilines is 3. The minimum atomic E-state index is 0.312. The molecule has 0 amide bonds. The van der Waals surface area contributed by atoms with Crippen molar-refractivity contribution in [2.45, 2.75) is 25.7 Å². The van der Waals surface area contributed by atoms with Crippen molar-refractivity contribution in [3.8, 4) is 0 Å². The molecule has 3 aromatic heterocycles. The Morgan fingerprint density at radius 1 is 1.04 bits per heavy atom. The summed E-state index contributed by atoms with van der Waals surface area (Å²) in [7, 11) is 0. The Morgan fingerprint density at radius 3 is 2.77 bits per heavy atom. The van der Waals surface area contributed by atoms with E-state index in [1.54, 1.807) is 18.6 Å². The number of nitrogens with zero attached hydrogens (tertiary/aromatic N) is 6. The van der Waals surface area contributed by atoms with Crippen LogP contribution in [0.2, 0.25) is 0 Å². The molecule has 4 rings (SSSR count). The Kier molecular flexibility index (Phi) is 4.68. The highest BCUT2D eigenvalue weighted by Gasteiger charge is 2.24. The maximum Gasteiger partial charge on any atom is 0.225 e. The van der Waals surface area contributed by atoms with Crippen LogP contribution in [0.15, 0.2) is 49.1 Å². The zero-order chi connectivity index (χ0) is 17.8. The monoisotopic (exact) mass is 347 g/mol. The quantitative estimate of drug-likeness (QED) is 0.777. The summed E-state index contributed by atoms with van der Waals surface area (Å²) >= 11 is 0. The molecular formula is C19H21N7. The first kappa shape index (κ1) is 16.4. The molecule has 1 unspecified atom stereocenters. The van der Waals surface area contributed by atoms with Gasteiger partial charge in [0.05, 0.1) is 11.9 Å². The van der Waals surface area contributed by atoms with Crippen LogP contribution >= 0.6 is 0 Å². The molecule has 0 bridgehead atoms. The molecule has 1 saturated heterocycles. The zero-order valence-corrected chi connectivity index (χ0v) is 14.7. The predicted octanol–water partition coefficient (Wildman–Crippen LogP) is 3.10. The van der Waals surface area contributed by atoms with E-state index in [1.807, 2.05) is 37.4 Å². The maximum atomic E-state index is 4.77. The first-order chi connectivity index (χ1) is 12.8. The minimum Gasteiger partial charge on any atom is -0.340 e. The molecule has 1 atom stereocenters. The van der Waals surface area contributed by atoms with Crippen molar-refractivity contribution in [2.24, 2.45) is 0 Å². The van der Waals surface area contributed by atoms with Gasteiger partial charge in [-0.2, -0.15) is 0 Å². The molecule has 1 fully saturated rings. The number of piperidine rings is 1. The van der Waals surface area contributed by atoms with Gasteiger partial charge >= 0.3 is 0 Å². The van der Waals surface area contributed by atoms with Gasteiger partial charge in [0.25, 0.3) is 0 Å². The third kappa shape index (κ3) is 3.77. The number of hydrogen-bond acceptors (Lipinski definition) is 7. The lowest BCUT2D eigenvalue weighted by molar-refractivity contribution is 0.494. The van der Waals surface area contributed by atoms with E-state index in [9.17, 15) is 0 Å². The van der Waals surface area contributed by atoms with Gasteiger partial charge in [-0.05, 0) is 38.0 Å². The van der Waals surface area contributed by atoms with Crippen LogP contribution in [0.1, 0.15) is 30.1 Å². The largest absolute Gasteiger partial charge is 0.340 e. The first-order valence-corrected chi connectivity index (χ1v) is 8.82. The summed E-state index contributed by atoms with van der Waals surface area (Å²) in [6, 6.07) is 7.71. The summed E-state index contributed by atoms with van der Waals surface area (Å²) in [4.78, 5) is 24.6. The second kappa shape index (κ2) is 7.43. The van der Waals surface area contributed by atoms with Crippen LogP contribution in [0, 0.1) is 6.92 Å². The first-order valence-electron chi connectivity index (χ1n) is 8.82. The van der Waals surface area contributed by atoms with Gasteiger partial charge in [0.15, 0.2) is 0 Å². The van der Waals surface area contributed by atoms with Gasteiger partial charge in [-0.25, -0.2) is 19.9 Å². The molecule has 0 radical (unpaired) electrons. The Labute approximate surface area is 152 Å². The lowest BCUT2D eigenvalue weighted by Crippen LogP contribution is -2.35. The molecule has 132 valence electrons. The molecule has 4 heterocycles. The van der Waals surface area contributed by atoms with Gasteiger partial charge in [-0.1, -0.05) is 6.07 Å². The van der Waals surface area contributed by atoms with E-state index in [-0.39, 0.29) is 0 Å². The van der Waals surface area contributed by atoms with Crippen molar-refractivity contribution in [1.82, 2.24) is 24.9 Å². The molecule has 26 heavy (non-hydrogen) atoms. The lowest BCUT2D eigenvalue weighted by Gasteiger charge is -2.32. The molecule has 0 aliphatic carbocycles. The van der Waals surface area contributed by atoms with Crippen molar-refractivity contribution in [3.05, 3.63) is 60.4 Å². The second-order valence-corrected chi connectivity index (χ2v) is 6.45. The average molecular weight is 347 g/mol. The summed E-state index contributed by atoms with van der Waals surface area (Å²) in [5.74, 6) is 2.59. The number of nitrogens with one attached hydrogen (secondary N) is 1. The molecule has 1 N–H and O–H groups in total. The molecule has 7 nitrogen and oxygen atoms in total. The highest BCUT2D eigenvalue weighted by atomic mass is 15.3. The van der Waals surface area contributed by atoms with Crippen molar-refractivity contribution < 1.29 is 0 Å². The van der Waals surface area contributed by atoms with E-state index in [2.05, 4.69) is 30.2 Å². The molecular weight excluding hydrogens is 326 g/mol. The number of pyridine rings is 1. The fourth-order valence-electron chi connectivity index (χ4n) is 3.24. The normalized spacial score (nSPS) is 17.1. The van der Waals surface area contributed by atoms with Crippen LogP contribution in [0.3, 0.4) is 0 Å². The second-order valence-electron chi connectivity index (χ2n) is 6.45. The Balaban J connectivity index is 1.50. The summed E-state index contributed by atoms with van der Waals surface area (Å²) in [6.07, 6.45) is 9.32. The van der Waals surface area contributed by atoms with Crippen molar-refractivity contribution in [1.29, 1.82) is 0 Å². The molecule has 0 saturated carbocycles. The fraction of sp³-hybridized carbons (Fsp3) is 0.316. The number of hydrogen-bond donors (Lipinski definition) is 1. The van der Waals surface area contributed by atoms with Crippen LogP contribution < -0.4 is 10.2 Å². The predicted molar refractivity (Wildman–Crippen MR) is 101 cm³/mol. The molecule has 1 aliphatic heterocycles. The van der Waals surface area contributed by atoms with E-state index >= 15 is 0 Å². The van der Waals surface area contributed by atoms with E-state index in [4.69, 9.17) is 4.98 Å². The number of rotatable bonds is 4. The number of aromatic nitrogens is 5. The van der Waals surface area contributed by atoms with Crippen LogP contribution in [-0.2, 0) is 0 Å². The number of aryl methyl sites for hydroxylation is 1. The lowest BCUT2D eigenvalue weighted by atomic mass is 9.95. The molecule has 7 heteroatoms. The van der Waals surface area contributed by atoms with E-state index < -0.39 is 0 Å². The highest BCUT2D eigenvalue weighted by molar-refractivity contribution is 5.50. The van der Waals surface area contributed by atoms with Crippen LogP contribution in [0.25, 0.3) is 0 Å². The van der Waals surface area contributed by atoms with E-state index in [0.29, 0.717) is 11.7 Å². The zero-order valence-electron chi connectivity index (χ0n) is 14.7. The van der Waals surface area contributed by atoms with E-state index in [0.717, 1.165) is 49.1 Å². The Hall–Kier alpha value is -3.09. The third-order valence-electron chi connectivity index (χ3n) is 4.47. The van der Waals surface area contributed by atoms with Crippen molar-refractivity contribution >= 4 is 17.6 Å². The van der Waals surface area contributed by atoms with Gasteiger partial charge in [-0.3, -0.25) is 4.98 Å². The Bertz CT molecular complexity index is 869. The Morgan fingerprint density at radius 2 is 1.92 bits per heavy atom. The molecule has 3 aromatic rings. The van der Waals surface area contributed by atoms with Crippen molar-refractivity contribution in [2.75, 3.05) is 23.3 Å². The summed E-state index contributed by atoms with van der Waals surface area (Å²) < 4.78 is 0. The summed E-state index contributed by atoms with van der Waals surface area (Å²) in [5.41, 5.74) is 1.95. The van der Waals surface area contributed by atoms with Crippen molar-refractivity contribution in [3.63, 3.8) is 0 Å². The summed E-state index contributed by atoms with van der Waals surface area (Å²) in [6.45, 7) is 3.79. The standard InChI is InChI=1S/C19H21N7/c1-14-5-2-7-17(23-14)25-18-12-20-11-16(24-18)15-6-3-10-26(13-15)19-21-8-4-9-22-19/h2,4-5,7-9,11-12,15H,3,6,10,13H2,1H3,(H,23,24,25). The topological polar surface area (TPSA) is 79.7 Å². The smallest absolute Gasteiger partial charge is 0.225 e. The average Bonchev–Trinajstić information content (AvgIpc) is 2.69. The fourth-order valence-corrected chi connectivity index (χ4v) is 3.24. The van der Waals surface area contributed by atoms with Gasteiger partial charge < -0.3 is 10.2 Å². The van der Waals surface area contributed by atoms with Crippen LogP contribution in [0.5, 0.6) is 0 Å². The highest BCUT2D eigenvalue weighted by Crippen LogP contribution is 2.27. The maximum absolute atomic E-state index is 4.77. The van der Waals surface area contributed by atoms with Gasteiger partial charge in [0.2, 0.25) is 5.95 Å². The third-order valence-corrected chi connectivity index (χ3v) is 4.47. The van der Waals surface area contributed by atoms with Crippen LogP contribution in [-0.4, -0.2) is 38.0 Å². The van der Waals surface area contributed by atoms with Gasteiger partial charge in [0, 0.05) is 43.3 Å². The molecule has 0 aromatic carbocycles. The van der Waals surface area contributed by atoms with Gasteiger partial charge in [0.1, 0.15) is 11.6 Å². The van der Waals surface area contributed by atoms with Gasteiger partial charge in [-0.15, -0.1) is 0 Å². The van der Waals surface area contributed by atoms with Crippen LogP contribution in [0.4, 0.5) is 17.6 Å². The van der Waals surface area contributed by atoms with E-state index in [1.165, 1.54) is 0 Å². The minimum absolute atomic E-state index is 0.312. The SMILES string of the molecule is Cc1cccc(Nc2cncc(C3CCCN(c4ncccn4)C3)n2)n1. The molecule has 0 spiro atoms. The molecule has 1 aliphatic rings. The summed E-state index contributed by atoms with van der Waals surface area (Å²) in [5, 5.41) is 3.24.